The van der Waals surface area contributed by atoms with Crippen LogP contribution in [0.3, 0.4) is 0 Å². The molecule has 0 aliphatic carbocycles. The number of hydrogen-bond acceptors (Lipinski definition) is 4. The van der Waals surface area contributed by atoms with Gasteiger partial charge in [0.1, 0.15) is 10.6 Å². The van der Waals surface area contributed by atoms with Crippen LogP contribution in [-0.4, -0.2) is 20.9 Å². The third-order valence-electron chi connectivity index (χ3n) is 3.53. The lowest BCUT2D eigenvalue weighted by molar-refractivity contribution is -0.117. The monoisotopic (exact) mass is 395 g/mol. The van der Waals surface area contributed by atoms with Crippen LogP contribution in [0, 0.1) is 0 Å². The molecular formula is C16H14BrNO4S. The predicted molar refractivity (Wildman–Crippen MR) is 90.0 cm³/mol. The fraction of sp³-hybridized carbons (Fsp3) is 0.188. The maximum absolute atomic E-state index is 12.2. The molecule has 1 aliphatic heterocycles. The van der Waals surface area contributed by atoms with Crippen LogP contribution < -0.4 is 9.08 Å². The molecule has 7 heteroatoms. The van der Waals surface area contributed by atoms with Gasteiger partial charge in [-0.1, -0.05) is 15.9 Å². The number of rotatable bonds is 4. The third-order valence-corrected chi connectivity index (χ3v) is 5.32. The Hall–Kier alpha value is -1.86. The van der Waals surface area contributed by atoms with Crippen LogP contribution in [0.2, 0.25) is 0 Å². The number of hydrogen-bond donors (Lipinski definition) is 0. The lowest BCUT2D eigenvalue weighted by atomic mass is 10.3. The number of benzene rings is 2. The number of anilines is 1. The maximum atomic E-state index is 12.2. The van der Waals surface area contributed by atoms with E-state index >= 15 is 0 Å². The first-order chi connectivity index (χ1) is 11.0. The van der Waals surface area contributed by atoms with Crippen LogP contribution in [0.15, 0.2) is 57.9 Å². The molecule has 0 atom stereocenters. The normalized spacial score (nSPS) is 15.0. The Morgan fingerprint density at radius 3 is 2.22 bits per heavy atom. The van der Waals surface area contributed by atoms with Gasteiger partial charge in [0.25, 0.3) is 0 Å². The van der Waals surface area contributed by atoms with E-state index in [2.05, 4.69) is 15.9 Å². The van der Waals surface area contributed by atoms with Crippen molar-refractivity contribution in [3.05, 3.63) is 53.0 Å². The van der Waals surface area contributed by atoms with Crippen molar-refractivity contribution in [1.82, 2.24) is 0 Å². The second-order valence-electron chi connectivity index (χ2n) is 5.13. The second kappa shape index (κ2) is 6.33. The summed E-state index contributed by atoms with van der Waals surface area (Å²) in [6.07, 6.45) is 1.39. The zero-order chi connectivity index (χ0) is 16.4. The minimum atomic E-state index is -3.87. The molecule has 1 heterocycles. The van der Waals surface area contributed by atoms with Crippen molar-refractivity contribution in [3.63, 3.8) is 0 Å². The Balaban J connectivity index is 1.77. The zero-order valence-corrected chi connectivity index (χ0v) is 14.5. The van der Waals surface area contributed by atoms with Crippen molar-refractivity contribution >= 4 is 37.6 Å². The lowest BCUT2D eigenvalue weighted by Gasteiger charge is -2.16. The van der Waals surface area contributed by atoms with E-state index in [0.717, 1.165) is 16.6 Å². The van der Waals surface area contributed by atoms with E-state index in [1.807, 2.05) is 0 Å². The van der Waals surface area contributed by atoms with E-state index in [1.54, 1.807) is 41.3 Å². The average Bonchev–Trinajstić information content (AvgIpc) is 2.94. The SMILES string of the molecule is O=C1CCCN1c1ccc(OS(=O)(=O)c2ccc(Br)cc2)cc1. The van der Waals surface area contributed by atoms with E-state index in [4.69, 9.17) is 4.18 Å². The molecule has 2 aromatic carbocycles. The number of halogens is 1. The van der Waals surface area contributed by atoms with Gasteiger partial charge in [0.05, 0.1) is 0 Å². The Morgan fingerprint density at radius 1 is 1.00 bits per heavy atom. The molecule has 0 radical (unpaired) electrons. The topological polar surface area (TPSA) is 63.7 Å². The Kier molecular flexibility index (Phi) is 4.41. The number of nitrogens with zero attached hydrogens (tertiary/aromatic N) is 1. The summed E-state index contributed by atoms with van der Waals surface area (Å²) in [7, 11) is -3.87. The molecule has 1 saturated heterocycles. The fourth-order valence-electron chi connectivity index (χ4n) is 2.38. The standard InChI is InChI=1S/C16H14BrNO4S/c17-12-3-9-15(10-4-12)23(20,21)22-14-7-5-13(6-8-14)18-11-1-2-16(18)19/h3-10H,1-2,11H2. The highest BCUT2D eigenvalue weighted by molar-refractivity contribution is 9.10. The van der Waals surface area contributed by atoms with Gasteiger partial charge in [-0.05, 0) is 55.0 Å². The summed E-state index contributed by atoms with van der Waals surface area (Å²) in [6.45, 7) is 0.691. The first-order valence-electron chi connectivity index (χ1n) is 7.06. The Bertz CT molecular complexity index is 816. The van der Waals surface area contributed by atoms with Gasteiger partial charge in [0, 0.05) is 23.1 Å². The molecule has 0 unspecified atom stereocenters. The largest absolute Gasteiger partial charge is 0.379 e. The molecule has 120 valence electrons. The second-order valence-corrected chi connectivity index (χ2v) is 7.60. The summed E-state index contributed by atoms with van der Waals surface area (Å²) >= 11 is 3.26. The third kappa shape index (κ3) is 3.56. The highest BCUT2D eigenvalue weighted by Crippen LogP contribution is 2.26. The summed E-state index contributed by atoms with van der Waals surface area (Å²) in [5.41, 5.74) is 0.751. The van der Waals surface area contributed by atoms with Gasteiger partial charge in [0.2, 0.25) is 5.91 Å². The van der Waals surface area contributed by atoms with Crippen LogP contribution in [-0.2, 0) is 14.9 Å². The van der Waals surface area contributed by atoms with Gasteiger partial charge < -0.3 is 9.08 Å². The highest BCUT2D eigenvalue weighted by Gasteiger charge is 2.22. The van der Waals surface area contributed by atoms with E-state index in [1.165, 1.54) is 12.1 Å². The highest BCUT2D eigenvalue weighted by atomic mass is 79.9. The summed E-state index contributed by atoms with van der Waals surface area (Å²) < 4.78 is 30.3. The minimum absolute atomic E-state index is 0.0829. The van der Waals surface area contributed by atoms with Crippen LogP contribution in [0.4, 0.5) is 5.69 Å². The smallest absolute Gasteiger partial charge is 0.339 e. The first-order valence-corrected chi connectivity index (χ1v) is 9.26. The van der Waals surface area contributed by atoms with E-state index in [-0.39, 0.29) is 16.6 Å². The molecule has 0 saturated carbocycles. The minimum Gasteiger partial charge on any atom is -0.379 e. The number of carbonyl (C=O) groups is 1. The first kappa shape index (κ1) is 16.0. The van der Waals surface area contributed by atoms with Crippen LogP contribution in [0.25, 0.3) is 0 Å². The quantitative estimate of drug-likeness (QED) is 0.744. The summed E-state index contributed by atoms with van der Waals surface area (Å²) in [4.78, 5) is 13.5. The fourth-order valence-corrected chi connectivity index (χ4v) is 3.57. The van der Waals surface area contributed by atoms with E-state index < -0.39 is 10.1 Å². The van der Waals surface area contributed by atoms with E-state index in [9.17, 15) is 13.2 Å². The van der Waals surface area contributed by atoms with E-state index in [0.29, 0.717) is 13.0 Å². The molecule has 5 nitrogen and oxygen atoms in total. The number of carbonyl (C=O) groups excluding carboxylic acids is 1. The number of amides is 1. The summed E-state index contributed by atoms with van der Waals surface area (Å²) in [6, 6.07) is 12.7. The molecule has 1 fully saturated rings. The molecule has 2 aromatic rings. The van der Waals surface area contributed by atoms with Crippen molar-refractivity contribution in [2.45, 2.75) is 17.7 Å². The molecule has 23 heavy (non-hydrogen) atoms. The van der Waals surface area contributed by atoms with Gasteiger partial charge in [0.15, 0.2) is 0 Å². The van der Waals surface area contributed by atoms with Gasteiger partial charge >= 0.3 is 10.1 Å². The van der Waals surface area contributed by atoms with Crippen molar-refractivity contribution < 1.29 is 17.4 Å². The van der Waals surface area contributed by atoms with Crippen LogP contribution in [0.5, 0.6) is 5.75 Å². The zero-order valence-electron chi connectivity index (χ0n) is 12.1. The molecular weight excluding hydrogens is 382 g/mol. The molecule has 0 bridgehead atoms. The maximum Gasteiger partial charge on any atom is 0.339 e. The van der Waals surface area contributed by atoms with Crippen molar-refractivity contribution in [1.29, 1.82) is 0 Å². The average molecular weight is 396 g/mol. The van der Waals surface area contributed by atoms with Gasteiger partial charge in [-0.15, -0.1) is 0 Å². The van der Waals surface area contributed by atoms with Gasteiger partial charge in [-0.2, -0.15) is 8.42 Å². The molecule has 0 spiro atoms. The van der Waals surface area contributed by atoms with Gasteiger partial charge in [-0.3, -0.25) is 4.79 Å². The van der Waals surface area contributed by atoms with Crippen molar-refractivity contribution in [2.24, 2.45) is 0 Å². The molecule has 1 amide bonds. The van der Waals surface area contributed by atoms with Crippen LogP contribution >= 0.6 is 15.9 Å². The predicted octanol–water partition coefficient (Wildman–Crippen LogP) is 3.34. The molecule has 0 aromatic heterocycles. The molecule has 0 N–H and O–H groups in total. The van der Waals surface area contributed by atoms with Crippen molar-refractivity contribution in [2.75, 3.05) is 11.4 Å². The van der Waals surface area contributed by atoms with Crippen molar-refractivity contribution in [3.8, 4) is 5.75 Å². The van der Waals surface area contributed by atoms with Crippen LogP contribution in [0.1, 0.15) is 12.8 Å². The summed E-state index contributed by atoms with van der Waals surface area (Å²) in [5.74, 6) is 0.296. The Labute approximate surface area is 143 Å². The Morgan fingerprint density at radius 2 is 1.65 bits per heavy atom. The molecule has 3 rings (SSSR count). The molecule has 1 aliphatic rings. The van der Waals surface area contributed by atoms with Gasteiger partial charge in [-0.25, -0.2) is 0 Å². The summed E-state index contributed by atoms with van der Waals surface area (Å²) in [5, 5.41) is 0. The lowest BCUT2D eigenvalue weighted by Crippen LogP contribution is -2.23.